The summed E-state index contributed by atoms with van der Waals surface area (Å²) < 4.78 is 0. The molecule has 0 bridgehead atoms. The second kappa shape index (κ2) is 10.2. The van der Waals surface area contributed by atoms with Crippen LogP contribution in [0.15, 0.2) is 121 Å². The Morgan fingerprint density at radius 2 is 0.735 bits per heavy atom. The number of hydrogen-bond donors (Lipinski definition) is 0. The van der Waals surface area contributed by atoms with Crippen LogP contribution in [0.3, 0.4) is 0 Å². The maximum atomic E-state index is 2.46. The van der Waals surface area contributed by atoms with Crippen molar-refractivity contribution in [1.29, 1.82) is 0 Å². The van der Waals surface area contributed by atoms with Crippen LogP contribution in [0.25, 0.3) is 0 Å². The van der Waals surface area contributed by atoms with Gasteiger partial charge < -0.3 is 0 Å². The molecule has 4 aromatic rings. The summed E-state index contributed by atoms with van der Waals surface area (Å²) in [6.45, 7) is 4.93. The van der Waals surface area contributed by atoms with Crippen molar-refractivity contribution in [3.05, 3.63) is 121 Å². The van der Waals surface area contributed by atoms with Crippen LogP contribution in [0.1, 0.15) is 26.7 Å². The molecule has 0 unspecified atom stereocenters. The molecule has 1 saturated carbocycles. The topological polar surface area (TPSA) is 0 Å². The molecule has 5 rings (SSSR count). The maximum Gasteiger partial charge on any atom is -0.0184 e. The molecule has 0 atom stereocenters. The molecule has 2 heteroatoms. The van der Waals surface area contributed by atoms with E-state index in [1.807, 2.05) is 0 Å². The summed E-state index contributed by atoms with van der Waals surface area (Å²) in [5.41, 5.74) is 0.807. The molecular weight excluding hydrogens is 446 g/mol. The van der Waals surface area contributed by atoms with Gasteiger partial charge >= 0.3 is 0 Å². The second-order valence-electron chi connectivity index (χ2n) is 10.5. The molecule has 0 amide bonds. The summed E-state index contributed by atoms with van der Waals surface area (Å²) in [4.78, 5) is 0. The third-order valence-electron chi connectivity index (χ3n) is 6.97. The molecule has 0 radical (unpaired) electrons. The molecule has 0 nitrogen and oxygen atoms in total. The fourth-order valence-corrected chi connectivity index (χ4v) is 11.7. The van der Waals surface area contributed by atoms with Gasteiger partial charge in [-0.15, -0.1) is 0 Å². The molecule has 1 aliphatic rings. The summed E-state index contributed by atoms with van der Waals surface area (Å²) in [6, 6.07) is 45.1. The lowest BCUT2D eigenvalue weighted by Crippen LogP contribution is -2.49. The maximum absolute atomic E-state index is 2.46. The first kappa shape index (κ1) is 23.5. The van der Waals surface area contributed by atoms with Crippen molar-refractivity contribution < 1.29 is 0 Å². The third kappa shape index (κ3) is 5.35. The molecule has 172 valence electrons. The Labute approximate surface area is 208 Å². The highest BCUT2D eigenvalue weighted by Gasteiger charge is 2.51. The Balaban J connectivity index is 1.53. The predicted octanol–water partition coefficient (Wildman–Crippen LogP) is 7.06. The zero-order valence-electron chi connectivity index (χ0n) is 20.3. The summed E-state index contributed by atoms with van der Waals surface area (Å²) >= 11 is 0. The fraction of sp³-hybridized carbons (Fsp3) is 0.250. The van der Waals surface area contributed by atoms with Crippen molar-refractivity contribution in [2.24, 2.45) is 10.8 Å². The molecule has 0 aliphatic heterocycles. The van der Waals surface area contributed by atoms with Crippen LogP contribution in [0.2, 0.25) is 0 Å². The number of benzene rings is 4. The van der Waals surface area contributed by atoms with Crippen molar-refractivity contribution in [1.82, 2.24) is 0 Å². The average Bonchev–Trinajstić information content (AvgIpc) is 2.87. The van der Waals surface area contributed by atoms with E-state index in [9.17, 15) is 0 Å². The van der Waals surface area contributed by atoms with Crippen LogP contribution in [0, 0.1) is 10.8 Å². The monoisotopic (exact) mass is 480 g/mol. The van der Waals surface area contributed by atoms with E-state index in [1.165, 1.54) is 46.4 Å². The summed E-state index contributed by atoms with van der Waals surface area (Å²) in [7, 11) is -0.786. The Morgan fingerprint density at radius 3 is 0.971 bits per heavy atom. The van der Waals surface area contributed by atoms with Crippen LogP contribution in [-0.4, -0.2) is 12.3 Å². The molecule has 0 saturated heterocycles. The summed E-state index contributed by atoms with van der Waals surface area (Å²) in [5, 5.41) is 6.04. The van der Waals surface area contributed by atoms with Crippen molar-refractivity contribution in [3.8, 4) is 0 Å². The molecule has 0 aromatic heterocycles. The highest BCUT2D eigenvalue weighted by Crippen LogP contribution is 2.62. The van der Waals surface area contributed by atoms with Crippen molar-refractivity contribution in [2.75, 3.05) is 12.3 Å². The van der Waals surface area contributed by atoms with E-state index in [0.717, 1.165) is 0 Å². The number of hydrogen-bond acceptors (Lipinski definition) is 0. The van der Waals surface area contributed by atoms with E-state index in [2.05, 4.69) is 135 Å². The first-order chi connectivity index (χ1) is 16.5. The standard InChI is InChI=1S/C32H34P2/c1-31(2)23-32(24-31,25-33(27-15-7-3-8-16-27)28-17-9-4-10-18-28)26-34(29-19-11-5-12-20-29)30-21-13-6-14-22-30/h3-22H,23-26H2,1-2H3. The zero-order chi connectivity index (χ0) is 23.4. The molecule has 34 heavy (non-hydrogen) atoms. The van der Waals surface area contributed by atoms with Gasteiger partial charge in [-0.2, -0.15) is 0 Å². The van der Waals surface area contributed by atoms with Crippen LogP contribution < -0.4 is 21.2 Å². The Morgan fingerprint density at radius 1 is 0.471 bits per heavy atom. The van der Waals surface area contributed by atoms with E-state index in [1.54, 1.807) is 0 Å². The van der Waals surface area contributed by atoms with E-state index in [0.29, 0.717) is 10.8 Å². The minimum atomic E-state index is -0.393. The smallest absolute Gasteiger partial charge is 0.0184 e. The van der Waals surface area contributed by atoms with Crippen molar-refractivity contribution >= 4 is 37.1 Å². The van der Waals surface area contributed by atoms with Crippen LogP contribution in [0.4, 0.5) is 0 Å². The average molecular weight is 481 g/mol. The lowest BCUT2D eigenvalue weighted by atomic mass is 9.56. The van der Waals surface area contributed by atoms with Gasteiger partial charge in [0.2, 0.25) is 0 Å². The van der Waals surface area contributed by atoms with Gasteiger partial charge in [-0.3, -0.25) is 0 Å². The lowest BCUT2D eigenvalue weighted by Gasteiger charge is -2.56. The summed E-state index contributed by atoms with van der Waals surface area (Å²) in [5.74, 6) is 0. The van der Waals surface area contributed by atoms with E-state index < -0.39 is 15.8 Å². The van der Waals surface area contributed by atoms with Crippen LogP contribution >= 0.6 is 15.8 Å². The molecule has 4 aromatic carbocycles. The largest absolute Gasteiger partial charge is 0.0622 e. The number of rotatable bonds is 8. The SMILES string of the molecule is CC1(C)CC(CP(c2ccccc2)c2ccccc2)(CP(c2ccccc2)c2ccccc2)C1. The van der Waals surface area contributed by atoms with E-state index >= 15 is 0 Å². The predicted molar refractivity (Wildman–Crippen MR) is 153 cm³/mol. The van der Waals surface area contributed by atoms with Gasteiger partial charge in [0.25, 0.3) is 0 Å². The third-order valence-corrected chi connectivity index (χ3v) is 12.6. The Hall–Kier alpha value is -2.26. The van der Waals surface area contributed by atoms with Crippen molar-refractivity contribution in [2.45, 2.75) is 26.7 Å². The van der Waals surface area contributed by atoms with Crippen LogP contribution in [-0.2, 0) is 0 Å². The Kier molecular flexibility index (Phi) is 7.01. The van der Waals surface area contributed by atoms with Gasteiger partial charge in [0, 0.05) is 0 Å². The van der Waals surface area contributed by atoms with Crippen LogP contribution in [0.5, 0.6) is 0 Å². The molecule has 0 N–H and O–H groups in total. The van der Waals surface area contributed by atoms with Gasteiger partial charge in [0.1, 0.15) is 0 Å². The van der Waals surface area contributed by atoms with Gasteiger partial charge in [-0.05, 0) is 73.1 Å². The molecule has 0 heterocycles. The van der Waals surface area contributed by atoms with Gasteiger partial charge in [0.15, 0.2) is 0 Å². The van der Waals surface area contributed by atoms with E-state index in [4.69, 9.17) is 0 Å². The van der Waals surface area contributed by atoms with Gasteiger partial charge in [-0.25, -0.2) is 0 Å². The minimum absolute atomic E-state index is 0.373. The quantitative estimate of drug-likeness (QED) is 0.237. The van der Waals surface area contributed by atoms with Crippen molar-refractivity contribution in [3.63, 3.8) is 0 Å². The fourth-order valence-electron chi connectivity index (χ4n) is 6.02. The normalized spacial score (nSPS) is 16.4. The first-order valence-electron chi connectivity index (χ1n) is 12.3. The molecule has 1 fully saturated rings. The summed E-state index contributed by atoms with van der Waals surface area (Å²) in [6.07, 6.45) is 5.19. The second-order valence-corrected chi connectivity index (χ2v) is 14.9. The zero-order valence-corrected chi connectivity index (χ0v) is 22.1. The highest BCUT2D eigenvalue weighted by atomic mass is 31.1. The van der Waals surface area contributed by atoms with Gasteiger partial charge in [-0.1, -0.05) is 135 Å². The van der Waals surface area contributed by atoms with Gasteiger partial charge in [0.05, 0.1) is 0 Å². The highest BCUT2D eigenvalue weighted by molar-refractivity contribution is 7.74. The molecule has 1 aliphatic carbocycles. The molecular formula is C32H34P2. The Bertz CT molecular complexity index is 997. The lowest BCUT2D eigenvalue weighted by molar-refractivity contribution is 0.0273. The first-order valence-corrected chi connectivity index (χ1v) is 15.3. The minimum Gasteiger partial charge on any atom is -0.0622 e. The van der Waals surface area contributed by atoms with E-state index in [-0.39, 0.29) is 0 Å². The molecule has 0 spiro atoms.